The Morgan fingerprint density at radius 1 is 1.28 bits per heavy atom. The molecule has 0 radical (unpaired) electrons. The number of hydrogen-bond donors (Lipinski definition) is 2. The van der Waals surface area contributed by atoms with Crippen LogP contribution in [0, 0.1) is 5.82 Å². The van der Waals surface area contributed by atoms with Gasteiger partial charge < -0.3 is 15.3 Å². The van der Waals surface area contributed by atoms with Gasteiger partial charge in [-0.1, -0.05) is 11.6 Å². The SMILES string of the molecule is CN1CCC(N2CCC(NC(=O)c3cc(F)c(O)c(Cl)c3)CC2)C1=O. The van der Waals surface area contributed by atoms with E-state index in [-0.39, 0.29) is 28.6 Å². The predicted octanol–water partition coefficient (Wildman–Crippen LogP) is 1.61. The highest BCUT2D eigenvalue weighted by atomic mass is 35.5. The zero-order valence-corrected chi connectivity index (χ0v) is 14.7. The molecular weight excluding hydrogens is 349 g/mol. The summed E-state index contributed by atoms with van der Waals surface area (Å²) in [5.41, 5.74) is 0.0790. The van der Waals surface area contributed by atoms with Crippen LogP contribution in [0.5, 0.6) is 5.75 Å². The van der Waals surface area contributed by atoms with Crippen LogP contribution in [0.15, 0.2) is 12.1 Å². The molecule has 0 aromatic heterocycles. The van der Waals surface area contributed by atoms with Crippen LogP contribution in [0.3, 0.4) is 0 Å². The Morgan fingerprint density at radius 2 is 1.96 bits per heavy atom. The second-order valence-electron chi connectivity index (χ2n) is 6.64. The van der Waals surface area contributed by atoms with E-state index in [9.17, 15) is 19.1 Å². The van der Waals surface area contributed by atoms with Crippen molar-refractivity contribution in [3.63, 3.8) is 0 Å². The van der Waals surface area contributed by atoms with Crippen LogP contribution in [0.25, 0.3) is 0 Å². The highest BCUT2D eigenvalue weighted by molar-refractivity contribution is 6.32. The number of rotatable bonds is 3. The van der Waals surface area contributed by atoms with Crippen LogP contribution in [0.1, 0.15) is 29.6 Å². The summed E-state index contributed by atoms with van der Waals surface area (Å²) in [4.78, 5) is 28.3. The third-order valence-electron chi connectivity index (χ3n) is 4.98. The zero-order valence-electron chi connectivity index (χ0n) is 14.0. The van der Waals surface area contributed by atoms with E-state index in [2.05, 4.69) is 10.2 Å². The second kappa shape index (κ2) is 7.17. The summed E-state index contributed by atoms with van der Waals surface area (Å²) in [5, 5.41) is 12.0. The number of phenolic OH excluding ortho intramolecular Hbond substituents is 1. The number of carbonyl (C=O) groups is 2. The highest BCUT2D eigenvalue weighted by Gasteiger charge is 2.35. The smallest absolute Gasteiger partial charge is 0.251 e. The molecule has 1 aromatic carbocycles. The molecule has 2 N–H and O–H groups in total. The monoisotopic (exact) mass is 369 g/mol. The second-order valence-corrected chi connectivity index (χ2v) is 7.04. The lowest BCUT2D eigenvalue weighted by molar-refractivity contribution is -0.131. The molecule has 6 nitrogen and oxygen atoms in total. The number of aromatic hydroxyl groups is 1. The Hall–Kier alpha value is -1.86. The summed E-state index contributed by atoms with van der Waals surface area (Å²) in [5.74, 6) is -1.83. The van der Waals surface area contributed by atoms with E-state index in [1.165, 1.54) is 6.07 Å². The third kappa shape index (κ3) is 3.72. The number of amides is 2. The lowest BCUT2D eigenvalue weighted by Gasteiger charge is -2.35. The van der Waals surface area contributed by atoms with Crippen LogP contribution in [0.4, 0.5) is 4.39 Å². The summed E-state index contributed by atoms with van der Waals surface area (Å²) in [6.45, 7) is 2.26. The Labute approximate surface area is 150 Å². The van der Waals surface area contributed by atoms with Crippen LogP contribution in [-0.4, -0.2) is 65.5 Å². The number of phenols is 1. The molecule has 136 valence electrons. The van der Waals surface area contributed by atoms with Gasteiger partial charge in [-0.05, 0) is 31.4 Å². The summed E-state index contributed by atoms with van der Waals surface area (Å²) in [6.07, 6.45) is 2.30. The Balaban J connectivity index is 1.55. The fourth-order valence-corrected chi connectivity index (χ4v) is 3.67. The van der Waals surface area contributed by atoms with E-state index < -0.39 is 17.5 Å². The minimum absolute atomic E-state index is 0.0337. The molecule has 1 unspecified atom stereocenters. The van der Waals surface area contributed by atoms with Gasteiger partial charge in [0.15, 0.2) is 11.6 Å². The molecule has 2 fully saturated rings. The highest BCUT2D eigenvalue weighted by Crippen LogP contribution is 2.28. The van der Waals surface area contributed by atoms with Gasteiger partial charge in [-0.3, -0.25) is 14.5 Å². The van der Waals surface area contributed by atoms with E-state index in [4.69, 9.17) is 11.6 Å². The molecule has 0 spiro atoms. The molecule has 2 amide bonds. The molecule has 2 aliphatic rings. The molecule has 2 saturated heterocycles. The molecule has 1 aromatic rings. The fraction of sp³-hybridized carbons (Fsp3) is 0.529. The molecule has 2 aliphatic heterocycles. The number of carbonyl (C=O) groups excluding carboxylic acids is 2. The van der Waals surface area contributed by atoms with Crippen molar-refractivity contribution in [2.45, 2.75) is 31.3 Å². The maximum absolute atomic E-state index is 13.5. The topological polar surface area (TPSA) is 72.9 Å². The molecular formula is C17H21ClFN3O3. The first-order chi connectivity index (χ1) is 11.9. The van der Waals surface area contributed by atoms with E-state index in [0.29, 0.717) is 0 Å². The predicted molar refractivity (Wildman–Crippen MR) is 91.2 cm³/mol. The van der Waals surface area contributed by atoms with Crippen LogP contribution in [-0.2, 0) is 4.79 Å². The molecule has 8 heteroatoms. The number of benzene rings is 1. The van der Waals surface area contributed by atoms with Crippen molar-refractivity contribution < 1.29 is 19.1 Å². The average molecular weight is 370 g/mol. The van der Waals surface area contributed by atoms with Gasteiger partial charge in [0.25, 0.3) is 5.91 Å². The first-order valence-corrected chi connectivity index (χ1v) is 8.72. The lowest BCUT2D eigenvalue weighted by atomic mass is 10.0. The van der Waals surface area contributed by atoms with Gasteiger partial charge >= 0.3 is 0 Å². The van der Waals surface area contributed by atoms with Crippen molar-refractivity contribution in [3.05, 3.63) is 28.5 Å². The summed E-state index contributed by atoms with van der Waals surface area (Å²) >= 11 is 5.71. The van der Waals surface area contributed by atoms with Crippen LogP contribution in [0.2, 0.25) is 5.02 Å². The molecule has 0 saturated carbocycles. The van der Waals surface area contributed by atoms with Gasteiger partial charge in [0, 0.05) is 38.3 Å². The molecule has 3 rings (SSSR count). The maximum atomic E-state index is 13.5. The summed E-state index contributed by atoms with van der Waals surface area (Å²) in [6, 6.07) is 2.14. The number of likely N-dealkylation sites (tertiary alicyclic amines) is 2. The maximum Gasteiger partial charge on any atom is 0.251 e. The van der Waals surface area contributed by atoms with E-state index in [1.54, 1.807) is 4.90 Å². The average Bonchev–Trinajstić information content (AvgIpc) is 2.92. The number of hydrogen-bond acceptors (Lipinski definition) is 4. The molecule has 0 aliphatic carbocycles. The van der Waals surface area contributed by atoms with Crippen molar-refractivity contribution >= 4 is 23.4 Å². The number of piperidine rings is 1. The Kier molecular flexibility index (Phi) is 5.15. The standard InChI is InChI=1S/C17H21ClFN3O3/c1-21-5-4-14(17(21)25)22-6-2-11(3-7-22)20-16(24)10-8-12(18)15(23)13(19)9-10/h8-9,11,14,23H,2-7H2,1H3,(H,20,24). The van der Waals surface area contributed by atoms with E-state index in [1.807, 2.05) is 7.05 Å². The number of nitrogens with one attached hydrogen (secondary N) is 1. The first-order valence-electron chi connectivity index (χ1n) is 8.34. The van der Waals surface area contributed by atoms with Gasteiger partial charge in [0.1, 0.15) is 0 Å². The first kappa shape index (κ1) is 17.9. The van der Waals surface area contributed by atoms with Gasteiger partial charge in [0.2, 0.25) is 5.91 Å². The Morgan fingerprint density at radius 3 is 2.52 bits per heavy atom. The van der Waals surface area contributed by atoms with Gasteiger partial charge in [0.05, 0.1) is 11.1 Å². The molecule has 25 heavy (non-hydrogen) atoms. The zero-order chi connectivity index (χ0) is 18.1. The largest absolute Gasteiger partial charge is 0.504 e. The van der Waals surface area contributed by atoms with Crippen molar-refractivity contribution in [2.24, 2.45) is 0 Å². The Bertz CT molecular complexity index is 669. The number of nitrogens with zero attached hydrogens (tertiary/aromatic N) is 2. The number of halogens is 2. The van der Waals surface area contributed by atoms with Crippen molar-refractivity contribution in [3.8, 4) is 5.75 Å². The quantitative estimate of drug-likeness (QED) is 0.849. The fourth-order valence-electron chi connectivity index (χ4n) is 3.46. The normalized spacial score (nSPS) is 22.4. The number of likely N-dealkylation sites (N-methyl/N-ethyl adjacent to an activating group) is 1. The van der Waals surface area contributed by atoms with Crippen molar-refractivity contribution in [1.29, 1.82) is 0 Å². The van der Waals surface area contributed by atoms with Gasteiger partial charge in [-0.2, -0.15) is 0 Å². The summed E-state index contributed by atoms with van der Waals surface area (Å²) < 4.78 is 13.5. The van der Waals surface area contributed by atoms with Gasteiger partial charge in [-0.15, -0.1) is 0 Å². The molecule has 0 bridgehead atoms. The van der Waals surface area contributed by atoms with Crippen LogP contribution >= 0.6 is 11.6 Å². The van der Waals surface area contributed by atoms with Crippen molar-refractivity contribution in [2.75, 3.05) is 26.7 Å². The van der Waals surface area contributed by atoms with Crippen molar-refractivity contribution in [1.82, 2.24) is 15.1 Å². The van der Waals surface area contributed by atoms with E-state index >= 15 is 0 Å². The van der Waals surface area contributed by atoms with Crippen LogP contribution < -0.4 is 5.32 Å². The third-order valence-corrected chi connectivity index (χ3v) is 5.27. The van der Waals surface area contributed by atoms with E-state index in [0.717, 1.165) is 45.0 Å². The molecule has 1 atom stereocenters. The summed E-state index contributed by atoms with van der Waals surface area (Å²) in [7, 11) is 1.82. The minimum atomic E-state index is -0.920. The lowest BCUT2D eigenvalue weighted by Crippen LogP contribution is -2.50. The minimum Gasteiger partial charge on any atom is -0.504 e. The van der Waals surface area contributed by atoms with Gasteiger partial charge in [-0.25, -0.2) is 4.39 Å². The molecule has 2 heterocycles.